The molecule has 2 fully saturated rings. The second kappa shape index (κ2) is 14.4. The number of carbonyl (C=O) groups is 5. The molecule has 2 aliphatic rings. The predicted octanol–water partition coefficient (Wildman–Crippen LogP) is 0.286. The number of nitrogens with one attached hydrogen (secondary N) is 2. The number of carbonyl (C=O) groups excluding carboxylic acids is 4. The molecule has 4 amide bonds. The molecule has 2 heterocycles. The number of nitrogens with two attached hydrogens (primary N) is 1. The van der Waals surface area contributed by atoms with Crippen LogP contribution >= 0.6 is 0 Å². The van der Waals surface area contributed by atoms with Crippen LogP contribution in [0.4, 0.5) is 0 Å². The normalized spacial score (nSPS) is 19.9. The van der Waals surface area contributed by atoms with Crippen LogP contribution in [0.25, 0.3) is 0 Å². The minimum Gasteiger partial charge on any atom is -0.480 e. The molecule has 0 spiro atoms. The van der Waals surface area contributed by atoms with E-state index in [4.69, 9.17) is 11.0 Å². The van der Waals surface area contributed by atoms with Crippen molar-refractivity contribution in [2.24, 2.45) is 5.73 Å². The number of unbranched alkanes of at least 4 members (excludes halogenated alkanes) is 1. The molecule has 0 bridgehead atoms. The molecule has 0 unspecified atom stereocenters. The van der Waals surface area contributed by atoms with Crippen LogP contribution in [-0.2, 0) is 30.4 Å². The van der Waals surface area contributed by atoms with Gasteiger partial charge in [-0.3, -0.25) is 19.2 Å². The fourth-order valence-electron chi connectivity index (χ4n) is 5.31. The quantitative estimate of drug-likeness (QED) is 0.265. The van der Waals surface area contributed by atoms with Gasteiger partial charge in [-0.05, 0) is 69.1 Å². The molecule has 4 atom stereocenters. The molecule has 2 aliphatic heterocycles. The monoisotopic (exact) mass is 554 g/mol. The molecule has 3 rings (SSSR count). The fraction of sp³-hybridized carbons (Fsp3) is 0.571. The first-order chi connectivity index (χ1) is 19.1. The first-order valence-corrected chi connectivity index (χ1v) is 13.8. The smallest absolute Gasteiger partial charge is 0.326 e. The third kappa shape index (κ3) is 8.02. The van der Waals surface area contributed by atoms with Crippen molar-refractivity contribution >= 4 is 29.6 Å². The molecule has 5 N–H and O–H groups in total. The van der Waals surface area contributed by atoms with Gasteiger partial charge in [0.15, 0.2) is 0 Å². The number of nitriles is 1. The molecule has 12 heteroatoms. The van der Waals surface area contributed by atoms with Crippen LogP contribution in [0.5, 0.6) is 0 Å². The van der Waals surface area contributed by atoms with Crippen LogP contribution in [0.15, 0.2) is 24.3 Å². The van der Waals surface area contributed by atoms with Crippen molar-refractivity contribution < 1.29 is 29.1 Å². The van der Waals surface area contributed by atoms with Gasteiger partial charge in [-0.2, -0.15) is 5.26 Å². The van der Waals surface area contributed by atoms with Crippen LogP contribution in [0.1, 0.15) is 63.0 Å². The predicted molar refractivity (Wildman–Crippen MR) is 144 cm³/mol. The number of carboxylic acid groups (broad SMARTS) is 1. The summed E-state index contributed by atoms with van der Waals surface area (Å²) in [6, 6.07) is 5.37. The molecule has 1 aromatic rings. The Morgan fingerprint density at radius 1 is 1.05 bits per heavy atom. The van der Waals surface area contributed by atoms with Crippen LogP contribution < -0.4 is 16.4 Å². The Morgan fingerprint density at radius 3 is 2.33 bits per heavy atom. The van der Waals surface area contributed by atoms with Crippen LogP contribution in [0, 0.1) is 11.3 Å². The van der Waals surface area contributed by atoms with E-state index in [1.807, 2.05) is 6.07 Å². The number of nitrogens with zero attached hydrogens (tertiary/aromatic N) is 3. The van der Waals surface area contributed by atoms with E-state index < -0.39 is 36.0 Å². The molecule has 2 saturated heterocycles. The average molecular weight is 555 g/mol. The lowest BCUT2D eigenvalue weighted by Crippen LogP contribution is -2.56. The number of hydrogen-bond donors (Lipinski definition) is 4. The van der Waals surface area contributed by atoms with E-state index in [-0.39, 0.29) is 30.6 Å². The highest BCUT2D eigenvalue weighted by molar-refractivity contribution is 5.95. The molecule has 0 aliphatic carbocycles. The van der Waals surface area contributed by atoms with Crippen LogP contribution in [-0.4, -0.2) is 88.3 Å². The van der Waals surface area contributed by atoms with Gasteiger partial charge in [-0.1, -0.05) is 12.1 Å². The zero-order valence-corrected chi connectivity index (χ0v) is 22.8. The fourth-order valence-corrected chi connectivity index (χ4v) is 5.31. The number of benzene rings is 1. The third-order valence-corrected chi connectivity index (χ3v) is 7.42. The molecule has 40 heavy (non-hydrogen) atoms. The van der Waals surface area contributed by atoms with Gasteiger partial charge >= 0.3 is 5.97 Å². The summed E-state index contributed by atoms with van der Waals surface area (Å²) in [6.07, 6.45) is 3.63. The Kier molecular flexibility index (Phi) is 11.0. The largest absolute Gasteiger partial charge is 0.480 e. The van der Waals surface area contributed by atoms with Gasteiger partial charge in [-0.25, -0.2) is 4.79 Å². The molecule has 0 radical (unpaired) electrons. The van der Waals surface area contributed by atoms with E-state index >= 15 is 0 Å². The highest BCUT2D eigenvalue weighted by Crippen LogP contribution is 2.26. The average Bonchev–Trinajstić information content (AvgIpc) is 3.62. The summed E-state index contributed by atoms with van der Waals surface area (Å²) in [5.74, 6) is -2.51. The molecule has 12 nitrogen and oxygen atoms in total. The maximum absolute atomic E-state index is 13.6. The third-order valence-electron chi connectivity index (χ3n) is 7.42. The minimum atomic E-state index is -1.16. The topological polar surface area (TPSA) is 186 Å². The summed E-state index contributed by atoms with van der Waals surface area (Å²) in [5.41, 5.74) is 7.54. The van der Waals surface area contributed by atoms with Crippen LogP contribution in [0.2, 0.25) is 0 Å². The van der Waals surface area contributed by atoms with E-state index in [1.165, 1.54) is 16.7 Å². The van der Waals surface area contributed by atoms with Crippen molar-refractivity contribution in [1.82, 2.24) is 20.4 Å². The van der Waals surface area contributed by atoms with Crippen molar-refractivity contribution in [3.05, 3.63) is 35.4 Å². The lowest BCUT2D eigenvalue weighted by atomic mass is 10.0. The van der Waals surface area contributed by atoms with E-state index in [9.17, 15) is 29.1 Å². The van der Waals surface area contributed by atoms with Crippen molar-refractivity contribution in [3.8, 4) is 6.07 Å². The first kappa shape index (κ1) is 30.6. The maximum Gasteiger partial charge on any atom is 0.326 e. The zero-order chi connectivity index (χ0) is 29.2. The van der Waals surface area contributed by atoms with Gasteiger partial charge in [0.05, 0.1) is 17.7 Å². The summed E-state index contributed by atoms with van der Waals surface area (Å²) in [6.45, 7) is 2.57. The van der Waals surface area contributed by atoms with Gasteiger partial charge in [0, 0.05) is 26.6 Å². The van der Waals surface area contributed by atoms with E-state index in [0.717, 1.165) is 5.56 Å². The van der Waals surface area contributed by atoms with E-state index in [0.29, 0.717) is 63.7 Å². The van der Waals surface area contributed by atoms with E-state index in [1.54, 1.807) is 24.3 Å². The SMILES string of the molecule is CC(=O)NCCCC[C@H](NC(=O)[C@@H]1CCCN1C(=O)[C@@H]1CCCN1C(=O)[C@@H](N)Cc1ccc(C#N)cc1)C(=O)O. The lowest BCUT2D eigenvalue weighted by Gasteiger charge is -2.32. The Bertz CT molecular complexity index is 1130. The zero-order valence-electron chi connectivity index (χ0n) is 22.8. The van der Waals surface area contributed by atoms with E-state index in [2.05, 4.69) is 10.6 Å². The molecule has 0 saturated carbocycles. The minimum absolute atomic E-state index is 0.162. The van der Waals surface area contributed by atoms with Gasteiger partial charge < -0.3 is 31.3 Å². The van der Waals surface area contributed by atoms with Crippen molar-refractivity contribution in [1.29, 1.82) is 5.26 Å². The molecule has 0 aromatic heterocycles. The number of hydrogen-bond acceptors (Lipinski definition) is 7. The summed E-state index contributed by atoms with van der Waals surface area (Å²) in [4.78, 5) is 65.6. The van der Waals surface area contributed by atoms with Gasteiger partial charge in [0.25, 0.3) is 0 Å². The number of rotatable bonds is 12. The summed E-state index contributed by atoms with van der Waals surface area (Å²) < 4.78 is 0. The Balaban J connectivity index is 1.59. The standard InChI is InChI=1S/C28H38N6O6/c1-18(35)31-13-3-2-6-22(28(39)40)32-25(36)23-7-4-14-33(23)27(38)24-8-5-15-34(24)26(37)21(30)16-19-9-11-20(17-29)12-10-19/h9-12,21-24H,2-8,13-16,30H2,1H3,(H,31,35)(H,32,36)(H,39,40)/t21-,22-,23-,24-/m0/s1. The molecule has 1 aromatic carbocycles. The number of carboxylic acids is 1. The Morgan fingerprint density at radius 2 is 1.70 bits per heavy atom. The van der Waals surface area contributed by atoms with Gasteiger partial charge in [0.1, 0.15) is 18.1 Å². The highest BCUT2D eigenvalue weighted by atomic mass is 16.4. The molecular formula is C28H38N6O6. The number of likely N-dealkylation sites (tertiary alicyclic amines) is 2. The van der Waals surface area contributed by atoms with Crippen LogP contribution in [0.3, 0.4) is 0 Å². The second-order valence-corrected chi connectivity index (χ2v) is 10.4. The molecule has 216 valence electrons. The lowest BCUT2D eigenvalue weighted by molar-refractivity contribution is -0.148. The van der Waals surface area contributed by atoms with Crippen molar-refractivity contribution in [3.63, 3.8) is 0 Å². The summed E-state index contributed by atoms with van der Waals surface area (Å²) in [7, 11) is 0. The first-order valence-electron chi connectivity index (χ1n) is 13.8. The van der Waals surface area contributed by atoms with Gasteiger partial charge in [-0.15, -0.1) is 0 Å². The maximum atomic E-state index is 13.6. The summed E-state index contributed by atoms with van der Waals surface area (Å²) >= 11 is 0. The second-order valence-electron chi connectivity index (χ2n) is 10.4. The Labute approximate surface area is 233 Å². The number of aliphatic carboxylic acids is 1. The number of amides is 4. The summed E-state index contributed by atoms with van der Waals surface area (Å²) in [5, 5.41) is 23.8. The van der Waals surface area contributed by atoms with Crippen molar-refractivity contribution in [2.45, 2.75) is 82.5 Å². The van der Waals surface area contributed by atoms with Crippen molar-refractivity contribution in [2.75, 3.05) is 19.6 Å². The Hall–Kier alpha value is -3.98. The molecular weight excluding hydrogens is 516 g/mol. The van der Waals surface area contributed by atoms with Gasteiger partial charge in [0.2, 0.25) is 23.6 Å². The highest BCUT2D eigenvalue weighted by Gasteiger charge is 2.43.